The van der Waals surface area contributed by atoms with Gasteiger partial charge >= 0.3 is 57.5 Å². The van der Waals surface area contributed by atoms with Crippen LogP contribution in [0.2, 0.25) is 0 Å². The van der Waals surface area contributed by atoms with E-state index in [-0.39, 0.29) is 0 Å². The SMILES string of the molecule is Nc1ncc[n]1[Tl]. The first kappa shape index (κ1) is 5.08. The molecule has 2 N–H and O–H groups in total. The molecule has 0 saturated heterocycles. The van der Waals surface area contributed by atoms with E-state index in [4.69, 9.17) is 5.73 Å². The molecule has 0 aliphatic rings. The van der Waals surface area contributed by atoms with Crippen molar-refractivity contribution in [3.63, 3.8) is 0 Å². The summed E-state index contributed by atoms with van der Waals surface area (Å²) in [5.41, 5.74) is 5.33. The fourth-order valence-electron chi connectivity index (χ4n) is 0.325. The summed E-state index contributed by atoms with van der Waals surface area (Å²) in [5.74, 6) is 0.630. The minimum absolute atomic E-state index is 0.630. The Morgan fingerprint density at radius 1 is 1.86 bits per heavy atom. The van der Waals surface area contributed by atoms with Crippen LogP contribution in [0.4, 0.5) is 5.95 Å². The summed E-state index contributed by atoms with van der Waals surface area (Å²) in [5, 5.41) is 0. The van der Waals surface area contributed by atoms with Gasteiger partial charge in [0, 0.05) is 0 Å². The van der Waals surface area contributed by atoms with Crippen LogP contribution in [-0.2, 0) is 0 Å². The van der Waals surface area contributed by atoms with Crippen LogP contribution in [0.25, 0.3) is 0 Å². The molecule has 0 atom stereocenters. The molecule has 0 bridgehead atoms. The zero-order valence-corrected chi connectivity index (χ0v) is 8.19. The van der Waals surface area contributed by atoms with Crippen molar-refractivity contribution >= 4 is 32.0 Å². The Labute approximate surface area is 57.6 Å². The quantitative estimate of drug-likeness (QED) is 0.647. The normalized spacial score (nSPS) is 9.00. The molecule has 1 aromatic heterocycles. The number of anilines is 1. The van der Waals surface area contributed by atoms with Crippen LogP contribution in [0, 0.1) is 0 Å². The van der Waals surface area contributed by atoms with E-state index in [1.165, 1.54) is 0 Å². The monoisotopic (exact) mass is 287 g/mol. The van der Waals surface area contributed by atoms with Crippen molar-refractivity contribution < 1.29 is 0 Å². The molecule has 34 valence electrons. The number of hydrogen-bond acceptors (Lipinski definition) is 2. The zero-order chi connectivity index (χ0) is 5.28. The number of rotatable bonds is 0. The predicted molar refractivity (Wildman–Crippen MR) is 27.8 cm³/mol. The second-order valence-electron chi connectivity index (χ2n) is 1.19. The van der Waals surface area contributed by atoms with E-state index in [0.717, 1.165) is 26.1 Å². The fraction of sp³-hybridized carbons (Fsp3) is 0. The summed E-state index contributed by atoms with van der Waals surface area (Å²) in [6, 6.07) is 0. The van der Waals surface area contributed by atoms with Crippen molar-refractivity contribution in [1.82, 2.24) is 7.36 Å². The maximum absolute atomic E-state index is 5.33. The van der Waals surface area contributed by atoms with Gasteiger partial charge in [0.05, 0.1) is 0 Å². The van der Waals surface area contributed by atoms with E-state index < -0.39 is 0 Å². The average molecular weight is 286 g/mol. The Kier molecular flexibility index (Phi) is 1.31. The molecule has 0 saturated carbocycles. The molecule has 0 amide bonds. The molecule has 1 aromatic rings. The Morgan fingerprint density at radius 2 is 2.57 bits per heavy atom. The van der Waals surface area contributed by atoms with E-state index >= 15 is 0 Å². The molecule has 0 spiro atoms. The van der Waals surface area contributed by atoms with Crippen LogP contribution in [0.5, 0.6) is 0 Å². The summed E-state index contributed by atoms with van der Waals surface area (Å²) >= 11 is 0.743. The third kappa shape index (κ3) is 0.930. The summed E-state index contributed by atoms with van der Waals surface area (Å²) in [6.07, 6.45) is 3.58. The Morgan fingerprint density at radius 3 is 2.71 bits per heavy atom. The molecular weight excluding hydrogens is 282 g/mol. The summed E-state index contributed by atoms with van der Waals surface area (Å²) < 4.78 is 1.92. The van der Waals surface area contributed by atoms with E-state index in [2.05, 4.69) is 4.98 Å². The Hall–Kier alpha value is -0.0679. The van der Waals surface area contributed by atoms with Crippen LogP contribution in [-0.4, -0.2) is 33.4 Å². The van der Waals surface area contributed by atoms with Gasteiger partial charge in [0.25, 0.3) is 0 Å². The van der Waals surface area contributed by atoms with Gasteiger partial charge in [-0.05, 0) is 0 Å². The molecule has 0 unspecified atom stereocenters. The predicted octanol–water partition coefficient (Wildman–Crippen LogP) is -0.603. The molecule has 0 aliphatic carbocycles. The van der Waals surface area contributed by atoms with Crippen LogP contribution in [0.1, 0.15) is 0 Å². The van der Waals surface area contributed by atoms with Gasteiger partial charge in [-0.3, -0.25) is 0 Å². The maximum atomic E-state index is 5.33. The third-order valence-corrected chi connectivity index (χ3v) is 2.40. The molecule has 0 aliphatic heterocycles. The molecule has 1 rings (SSSR count). The number of imidazole rings is 1. The molecule has 0 radical (unpaired) electrons. The molecule has 3 nitrogen and oxygen atoms in total. The summed E-state index contributed by atoms with van der Waals surface area (Å²) in [4.78, 5) is 3.80. The van der Waals surface area contributed by atoms with Crippen molar-refractivity contribution in [2.45, 2.75) is 0 Å². The van der Waals surface area contributed by atoms with Crippen LogP contribution < -0.4 is 5.73 Å². The zero-order valence-electron chi connectivity index (χ0n) is 3.70. The number of nitrogens with two attached hydrogens (primary N) is 1. The van der Waals surface area contributed by atoms with E-state index in [1.54, 1.807) is 6.20 Å². The van der Waals surface area contributed by atoms with Gasteiger partial charge in [-0.2, -0.15) is 0 Å². The first-order chi connectivity index (χ1) is 3.30. The number of hydrogen-bond donors (Lipinski definition) is 1. The summed E-state index contributed by atoms with van der Waals surface area (Å²) in [7, 11) is 0. The molecule has 7 heavy (non-hydrogen) atoms. The molecular formula is C3H4N3Tl. The number of nitrogens with zero attached hydrogens (tertiary/aromatic N) is 2. The van der Waals surface area contributed by atoms with Crippen molar-refractivity contribution in [2.24, 2.45) is 0 Å². The van der Waals surface area contributed by atoms with Crippen LogP contribution >= 0.6 is 0 Å². The van der Waals surface area contributed by atoms with Crippen LogP contribution in [0.3, 0.4) is 0 Å². The first-order valence-electron chi connectivity index (χ1n) is 1.84. The fourth-order valence-corrected chi connectivity index (χ4v) is 0.883. The van der Waals surface area contributed by atoms with Crippen molar-refractivity contribution in [3.05, 3.63) is 12.4 Å². The van der Waals surface area contributed by atoms with Gasteiger partial charge in [-0.25, -0.2) is 0 Å². The van der Waals surface area contributed by atoms with Crippen molar-refractivity contribution in [1.29, 1.82) is 0 Å². The van der Waals surface area contributed by atoms with Crippen LogP contribution in [0.15, 0.2) is 12.4 Å². The second-order valence-corrected chi connectivity index (χ2v) is 3.36. The standard InChI is InChI=1S/C3H4N3.Tl/c4-3-5-1-2-6-3;/h1-2H,(H2-,4,5,6);/q-1;+1. The summed E-state index contributed by atoms with van der Waals surface area (Å²) in [6.45, 7) is 0. The van der Waals surface area contributed by atoms with Crippen molar-refractivity contribution in [2.75, 3.05) is 5.73 Å². The molecule has 0 fully saturated rings. The van der Waals surface area contributed by atoms with Gasteiger partial charge in [-0.1, -0.05) is 0 Å². The topological polar surface area (TPSA) is 43.8 Å². The van der Waals surface area contributed by atoms with Gasteiger partial charge in [0.1, 0.15) is 0 Å². The molecule has 4 heteroatoms. The minimum atomic E-state index is 0.630. The van der Waals surface area contributed by atoms with E-state index in [1.807, 2.05) is 8.57 Å². The first-order valence-corrected chi connectivity index (χ1v) is 3.85. The molecule has 0 aromatic carbocycles. The van der Waals surface area contributed by atoms with Gasteiger partial charge < -0.3 is 0 Å². The van der Waals surface area contributed by atoms with Gasteiger partial charge in [-0.15, -0.1) is 0 Å². The van der Waals surface area contributed by atoms with Gasteiger partial charge in [0.2, 0.25) is 0 Å². The average Bonchev–Trinajstić information content (AvgIpc) is 1.91. The van der Waals surface area contributed by atoms with Crippen molar-refractivity contribution in [3.8, 4) is 0 Å². The van der Waals surface area contributed by atoms with E-state index in [9.17, 15) is 0 Å². The third-order valence-electron chi connectivity index (χ3n) is 0.699. The van der Waals surface area contributed by atoms with E-state index in [0.29, 0.717) is 5.95 Å². The second kappa shape index (κ2) is 1.81. The van der Waals surface area contributed by atoms with Gasteiger partial charge in [0.15, 0.2) is 0 Å². The molecule has 1 heterocycles. The Balaban J connectivity index is 3.12. The number of nitrogen functional groups attached to an aromatic ring is 1. The Bertz CT molecular complexity index is 142. The number of aromatic nitrogens is 2.